The SMILES string of the molecule is Cc1ncoc1-c1ccc(CNC(=O)[C@@H]2C[C@@H](C)CN2C(=O)[C@@H](C(C)C)n2cc(-c3ccnc(OC4CC(NC(=O)C[C@@H]5N=C(c6ccc(Cl)cc6)c6c(sc(C)c6C)-n6c(C)nnc65)C4)c3)cn2)cc1. The zero-order chi connectivity index (χ0) is 49.7. The lowest BCUT2D eigenvalue weighted by Gasteiger charge is -2.35. The maximum absolute atomic E-state index is 14.4. The van der Waals surface area contributed by atoms with E-state index in [2.05, 4.69) is 51.6 Å². The molecule has 16 nitrogen and oxygen atoms in total. The molecule has 18 heteroatoms. The smallest absolute Gasteiger partial charge is 0.248 e. The van der Waals surface area contributed by atoms with Crippen LogP contribution in [0, 0.1) is 39.5 Å². The molecular weight excluding hydrogens is 938 g/mol. The molecule has 0 bridgehead atoms. The van der Waals surface area contributed by atoms with Crippen LogP contribution in [-0.4, -0.2) is 87.6 Å². The van der Waals surface area contributed by atoms with Crippen LogP contribution in [-0.2, 0) is 20.9 Å². The second-order valence-electron chi connectivity index (χ2n) is 19.4. The van der Waals surface area contributed by atoms with Gasteiger partial charge in [-0.15, -0.1) is 21.5 Å². The number of carbonyl (C=O) groups excluding carboxylic acids is 3. The molecule has 3 amide bonds. The second kappa shape index (κ2) is 19.7. The number of thiophene rings is 1. The van der Waals surface area contributed by atoms with Crippen molar-refractivity contribution in [3.63, 3.8) is 0 Å². The van der Waals surface area contributed by atoms with Crippen LogP contribution in [0.25, 0.3) is 27.5 Å². The molecule has 10 rings (SSSR count). The van der Waals surface area contributed by atoms with Crippen molar-refractivity contribution in [1.82, 2.24) is 50.0 Å². The molecule has 2 aromatic carbocycles. The van der Waals surface area contributed by atoms with Crippen LogP contribution in [0.3, 0.4) is 0 Å². The van der Waals surface area contributed by atoms with Gasteiger partial charge < -0.3 is 24.7 Å². The molecule has 3 aliphatic rings. The van der Waals surface area contributed by atoms with E-state index in [9.17, 15) is 14.4 Å². The van der Waals surface area contributed by atoms with Crippen LogP contribution < -0.4 is 15.4 Å². The fraction of sp³-hybridized carbons (Fsp3) is 0.377. The average Bonchev–Trinajstić information content (AvgIpc) is 4.19. The number of pyridine rings is 1. The summed E-state index contributed by atoms with van der Waals surface area (Å²) < 4.78 is 15.6. The highest BCUT2D eigenvalue weighted by Gasteiger charge is 2.42. The maximum atomic E-state index is 14.4. The van der Waals surface area contributed by atoms with Gasteiger partial charge in [-0.05, 0) is 80.8 Å². The second-order valence-corrected chi connectivity index (χ2v) is 21.0. The predicted molar refractivity (Wildman–Crippen MR) is 271 cm³/mol. The Morgan fingerprint density at radius 3 is 2.42 bits per heavy atom. The number of aliphatic imine (C=N–C) groups is 1. The zero-order valence-electron chi connectivity index (χ0n) is 40.7. The Kier molecular flexibility index (Phi) is 13.2. The van der Waals surface area contributed by atoms with Gasteiger partial charge in [0.25, 0.3) is 0 Å². The number of likely N-dealkylation sites (tertiary alicyclic amines) is 1. The molecule has 0 unspecified atom stereocenters. The number of rotatable bonds is 14. The van der Waals surface area contributed by atoms with Gasteiger partial charge in [0, 0.05) is 82.6 Å². The minimum Gasteiger partial charge on any atom is -0.474 e. The first-order valence-corrected chi connectivity index (χ1v) is 25.3. The van der Waals surface area contributed by atoms with Gasteiger partial charge in [0.2, 0.25) is 23.6 Å². The Balaban J connectivity index is 0.757. The molecule has 4 atom stereocenters. The summed E-state index contributed by atoms with van der Waals surface area (Å²) in [7, 11) is 0. The molecule has 0 spiro atoms. The minimum absolute atomic E-state index is 0.0755. The number of fused-ring (bicyclic) bond motifs is 3. The summed E-state index contributed by atoms with van der Waals surface area (Å²) in [5.41, 5.74) is 8.16. The summed E-state index contributed by atoms with van der Waals surface area (Å²) >= 11 is 7.96. The number of nitrogens with zero attached hydrogens (tertiary/aromatic N) is 9. The first-order valence-electron chi connectivity index (χ1n) is 24.1. The molecule has 366 valence electrons. The van der Waals surface area contributed by atoms with Gasteiger partial charge in [-0.25, -0.2) is 9.97 Å². The number of hydrogen-bond acceptors (Lipinski definition) is 12. The topological polar surface area (TPSA) is 188 Å². The van der Waals surface area contributed by atoms with E-state index in [1.807, 2.05) is 99.1 Å². The van der Waals surface area contributed by atoms with Gasteiger partial charge in [-0.1, -0.05) is 68.8 Å². The molecule has 7 aromatic rings. The Bertz CT molecular complexity index is 3150. The molecule has 2 fully saturated rings. The standard InChI is InChI=1S/C53H56ClN11O5S/c1-28(2)48(52(68)63-25-29(3)18-43(63)51(67)56-23-34-8-10-36(11-9-34)49-31(5)57-27-69-49)64-26-38(24-58-64)37-16-17-55-45(19-37)70-41-20-40(21-41)59-44(66)22-42-50-62-61-33(7)65(50)53-46(30(4)32(6)71-53)47(60-42)35-12-14-39(54)15-13-35/h8-17,19,24,26-29,40-43,48H,18,20-23,25H2,1-7H3,(H,56,67)(H,59,66)/t29-,40?,41?,42+,43+,48-/m1/s1. The van der Waals surface area contributed by atoms with Crippen molar-refractivity contribution < 1.29 is 23.5 Å². The fourth-order valence-electron chi connectivity index (χ4n) is 9.91. The van der Waals surface area contributed by atoms with E-state index in [-0.39, 0.29) is 48.1 Å². The van der Waals surface area contributed by atoms with Crippen molar-refractivity contribution >= 4 is 46.4 Å². The number of amides is 3. The molecule has 2 aliphatic heterocycles. The number of aryl methyl sites for hydroxylation is 3. The summed E-state index contributed by atoms with van der Waals surface area (Å²) in [6, 6.07) is 17.3. The van der Waals surface area contributed by atoms with Crippen molar-refractivity contribution in [2.24, 2.45) is 16.8 Å². The van der Waals surface area contributed by atoms with E-state index in [0.29, 0.717) is 49.1 Å². The summed E-state index contributed by atoms with van der Waals surface area (Å²) in [6.07, 6.45) is 8.51. The lowest BCUT2D eigenvalue weighted by molar-refractivity contribution is -0.142. The van der Waals surface area contributed by atoms with Crippen LogP contribution in [0.15, 0.2) is 95.1 Å². The van der Waals surface area contributed by atoms with E-state index in [4.69, 9.17) is 30.8 Å². The van der Waals surface area contributed by atoms with Crippen LogP contribution in [0.4, 0.5) is 0 Å². The van der Waals surface area contributed by atoms with Crippen molar-refractivity contribution in [2.45, 2.75) is 111 Å². The number of aromatic nitrogens is 7. The summed E-state index contributed by atoms with van der Waals surface area (Å²) in [5.74, 6) is 2.15. The summed E-state index contributed by atoms with van der Waals surface area (Å²) in [4.78, 5) is 58.7. The van der Waals surface area contributed by atoms with Gasteiger partial charge in [0.05, 0.1) is 24.0 Å². The highest BCUT2D eigenvalue weighted by molar-refractivity contribution is 7.15. The Morgan fingerprint density at radius 2 is 1.69 bits per heavy atom. The molecule has 2 N–H and O–H groups in total. The van der Waals surface area contributed by atoms with Crippen LogP contribution in [0.2, 0.25) is 5.02 Å². The quantitative estimate of drug-likeness (QED) is 0.107. The highest BCUT2D eigenvalue weighted by atomic mass is 35.5. The van der Waals surface area contributed by atoms with E-state index in [1.54, 1.807) is 33.3 Å². The summed E-state index contributed by atoms with van der Waals surface area (Å²) in [5, 5.41) is 21.6. The number of hydrogen-bond donors (Lipinski definition) is 2. The van der Waals surface area contributed by atoms with Crippen LogP contribution >= 0.6 is 22.9 Å². The largest absolute Gasteiger partial charge is 0.474 e. The molecule has 0 radical (unpaired) electrons. The molecular formula is C53H56ClN11O5S. The zero-order valence-corrected chi connectivity index (χ0v) is 42.3. The number of nitrogens with one attached hydrogen (secondary N) is 2. The number of benzene rings is 2. The van der Waals surface area contributed by atoms with Gasteiger partial charge in [-0.3, -0.25) is 28.6 Å². The van der Waals surface area contributed by atoms with Crippen molar-refractivity contribution in [3.05, 3.63) is 135 Å². The Morgan fingerprint density at radius 1 is 0.930 bits per heavy atom. The third kappa shape index (κ3) is 9.64. The van der Waals surface area contributed by atoms with E-state index in [1.165, 1.54) is 11.3 Å². The van der Waals surface area contributed by atoms with E-state index in [0.717, 1.165) is 66.9 Å². The summed E-state index contributed by atoms with van der Waals surface area (Å²) in [6.45, 7) is 14.9. The lowest BCUT2D eigenvalue weighted by atomic mass is 9.89. The van der Waals surface area contributed by atoms with E-state index >= 15 is 0 Å². The van der Waals surface area contributed by atoms with Gasteiger partial charge in [-0.2, -0.15) is 5.10 Å². The Labute approximate surface area is 420 Å². The van der Waals surface area contributed by atoms with Gasteiger partial charge >= 0.3 is 0 Å². The first kappa shape index (κ1) is 47.7. The first-order chi connectivity index (χ1) is 34.2. The van der Waals surface area contributed by atoms with Crippen molar-refractivity contribution in [1.29, 1.82) is 0 Å². The average molecular weight is 995 g/mol. The maximum Gasteiger partial charge on any atom is 0.248 e. The van der Waals surface area contributed by atoms with Gasteiger partial charge in [0.15, 0.2) is 18.0 Å². The molecule has 5 aromatic heterocycles. The number of halogens is 1. The Hall–Kier alpha value is -6.98. The molecule has 1 saturated heterocycles. The highest BCUT2D eigenvalue weighted by Crippen LogP contribution is 2.40. The van der Waals surface area contributed by atoms with Gasteiger partial charge in [0.1, 0.15) is 35.1 Å². The predicted octanol–water partition coefficient (Wildman–Crippen LogP) is 8.89. The van der Waals surface area contributed by atoms with Crippen LogP contribution in [0.5, 0.6) is 5.88 Å². The minimum atomic E-state index is -0.624. The molecule has 1 aliphatic carbocycles. The van der Waals surface area contributed by atoms with Crippen LogP contribution in [0.1, 0.15) is 103 Å². The third-order valence-corrected chi connectivity index (χ3v) is 15.3. The molecule has 71 heavy (non-hydrogen) atoms. The lowest BCUT2D eigenvalue weighted by Crippen LogP contribution is -2.49. The molecule has 1 saturated carbocycles. The molecule has 7 heterocycles. The van der Waals surface area contributed by atoms with Crippen molar-refractivity contribution in [2.75, 3.05) is 6.54 Å². The monoisotopic (exact) mass is 993 g/mol. The number of ether oxygens (including phenoxy) is 1. The fourth-order valence-corrected chi connectivity index (χ4v) is 11.2. The number of carbonyl (C=O) groups is 3. The van der Waals surface area contributed by atoms with Crippen molar-refractivity contribution in [3.8, 4) is 33.3 Å². The number of oxazole rings is 1. The van der Waals surface area contributed by atoms with E-state index < -0.39 is 18.1 Å². The third-order valence-electron chi connectivity index (χ3n) is 13.8. The normalized spacial score (nSPS) is 19.9.